The maximum atomic E-state index is 14.4. The van der Waals surface area contributed by atoms with Gasteiger partial charge in [-0.3, -0.25) is 58.1 Å². The third-order valence-corrected chi connectivity index (χ3v) is 9.73. The molecule has 30 heteroatoms. The number of carboxylic acid groups (broad SMARTS) is 3. The summed E-state index contributed by atoms with van der Waals surface area (Å²) in [6.45, 7) is -1.42. The summed E-state index contributed by atoms with van der Waals surface area (Å²) in [5, 5.41) is 35.1. The molecule has 1 rings (SSSR count). The molecule has 0 aromatic heterocycles. The van der Waals surface area contributed by atoms with E-state index in [0.717, 1.165) is 0 Å². The highest BCUT2D eigenvalue weighted by molar-refractivity contribution is 5.94. The van der Waals surface area contributed by atoms with Crippen molar-refractivity contribution >= 4 is 71.2 Å². The molecule has 30 nitrogen and oxygen atoms in total. The van der Waals surface area contributed by atoms with Crippen LogP contribution in [0, 0.1) is 0 Å². The van der Waals surface area contributed by atoms with Crippen LogP contribution in [-0.4, -0.2) is 196 Å². The smallest absolute Gasteiger partial charge is 0.305 e. The molecule has 0 bridgehead atoms. The Labute approximate surface area is 379 Å². The Bertz CT molecular complexity index is 1580. The van der Waals surface area contributed by atoms with Gasteiger partial charge in [0.05, 0.1) is 37.4 Å². The van der Waals surface area contributed by atoms with Crippen molar-refractivity contribution in [3.8, 4) is 0 Å². The molecule has 0 aromatic carbocycles. The number of rotatable bonds is 27. The molecule has 0 unspecified atom stereocenters. The standard InChI is InChI=1S/C36H66N18O12/c37-19(16-25(55)56)28(61)49-22(4-1-7-46-34(40)41)31(64)52-10-12-53(32(65)23(5-2-8-47-35(42)43)50-29(62)20(38)17-26(57)58)14-15-54(13-11-52)33(66)24(6-3-9-48-36(44)45)51-30(63)21(39)18-27(59)60/h19-24H,1-18,37-39H2,(H,49,61)(H,50,62)(H,51,63)(H,55,56)(H,57,58)(H,59,60)(H4,40,41,46)(H4,42,43,47)(H4,44,45,48)/t19-,20-,21-,22-,23-,24-/m0/s1. The van der Waals surface area contributed by atoms with E-state index in [9.17, 15) is 58.5 Å². The molecule has 0 aromatic rings. The normalized spacial score (nSPS) is 15.6. The third-order valence-electron chi connectivity index (χ3n) is 9.73. The fraction of sp³-hybridized carbons (Fsp3) is 0.667. The Kier molecular flexibility index (Phi) is 25.3. The van der Waals surface area contributed by atoms with Gasteiger partial charge in [-0.1, -0.05) is 0 Å². The van der Waals surface area contributed by atoms with Crippen LogP contribution in [-0.2, 0) is 43.2 Å². The van der Waals surface area contributed by atoms with Gasteiger partial charge in [0.15, 0.2) is 17.9 Å². The zero-order chi connectivity index (χ0) is 50.1. The number of nitrogens with one attached hydrogen (secondary N) is 3. The minimum atomic E-state index is -1.56. The van der Waals surface area contributed by atoms with Gasteiger partial charge in [0, 0.05) is 58.9 Å². The molecule has 372 valence electrons. The number of nitrogens with two attached hydrogens (primary N) is 9. The van der Waals surface area contributed by atoms with E-state index in [1.807, 2.05) is 0 Å². The second kappa shape index (κ2) is 29.4. The number of amides is 6. The summed E-state index contributed by atoms with van der Waals surface area (Å²) in [4.78, 5) is 132. The van der Waals surface area contributed by atoms with E-state index in [2.05, 4.69) is 30.9 Å². The third kappa shape index (κ3) is 22.5. The highest BCUT2D eigenvalue weighted by Crippen LogP contribution is 2.13. The minimum Gasteiger partial charge on any atom is -0.481 e. The van der Waals surface area contributed by atoms with Gasteiger partial charge in [0.1, 0.15) is 18.1 Å². The SMILES string of the molecule is NC(N)=NCCC[C@H](NC(=O)[C@@H](N)CC(=O)O)C(=O)N1CCN(C(=O)[C@H](CCCN=C(N)N)NC(=O)[C@@H](N)CC(=O)O)CCN(C(=O)[C@H](CCCN=C(N)N)NC(=O)[C@@H](N)CC(=O)O)CC1. The molecule has 1 heterocycles. The quantitative estimate of drug-likeness (QED) is 0.0207. The first-order valence-electron chi connectivity index (χ1n) is 20.8. The van der Waals surface area contributed by atoms with Gasteiger partial charge in [0.2, 0.25) is 35.4 Å². The first kappa shape index (κ1) is 56.9. The Hall–Kier alpha value is -7.08. The van der Waals surface area contributed by atoms with E-state index in [-0.39, 0.29) is 115 Å². The van der Waals surface area contributed by atoms with E-state index in [1.54, 1.807) is 0 Å². The van der Waals surface area contributed by atoms with Crippen molar-refractivity contribution < 1.29 is 58.5 Å². The lowest BCUT2D eigenvalue weighted by Gasteiger charge is -2.31. The molecule has 1 fully saturated rings. The second-order valence-electron chi connectivity index (χ2n) is 15.1. The lowest BCUT2D eigenvalue weighted by Crippen LogP contribution is -2.56. The summed E-state index contributed by atoms with van der Waals surface area (Å²) >= 11 is 0. The molecule has 24 N–H and O–H groups in total. The average molecular weight is 943 g/mol. The molecule has 0 aliphatic carbocycles. The zero-order valence-electron chi connectivity index (χ0n) is 36.6. The van der Waals surface area contributed by atoms with Crippen LogP contribution < -0.4 is 67.6 Å². The van der Waals surface area contributed by atoms with E-state index in [4.69, 9.17) is 51.6 Å². The number of carbonyl (C=O) groups is 9. The van der Waals surface area contributed by atoms with Gasteiger partial charge < -0.3 is 97.6 Å². The Balaban J connectivity index is 3.83. The van der Waals surface area contributed by atoms with Gasteiger partial charge in [-0.05, 0) is 38.5 Å². The second-order valence-corrected chi connectivity index (χ2v) is 15.1. The minimum absolute atomic E-state index is 0.0204. The number of carbonyl (C=O) groups excluding carboxylic acids is 6. The highest BCUT2D eigenvalue weighted by Gasteiger charge is 2.35. The molecule has 0 saturated carbocycles. The molecular formula is C36H66N18O12. The first-order valence-corrected chi connectivity index (χ1v) is 20.8. The fourth-order valence-electron chi connectivity index (χ4n) is 6.34. The van der Waals surface area contributed by atoms with E-state index < -0.39 is 109 Å². The lowest BCUT2D eigenvalue weighted by molar-refractivity contribution is -0.141. The number of hydrogen-bond acceptors (Lipinski definition) is 15. The predicted octanol–water partition coefficient (Wildman–Crippen LogP) is -8.49. The van der Waals surface area contributed by atoms with Crippen molar-refractivity contribution in [3.05, 3.63) is 0 Å². The monoisotopic (exact) mass is 943 g/mol. The number of carboxylic acids is 3. The summed E-state index contributed by atoms with van der Waals surface area (Å²) in [5.41, 5.74) is 50.0. The van der Waals surface area contributed by atoms with Crippen molar-refractivity contribution in [1.82, 2.24) is 30.7 Å². The maximum Gasteiger partial charge on any atom is 0.305 e. The molecule has 66 heavy (non-hydrogen) atoms. The molecule has 1 aliphatic rings. The van der Waals surface area contributed by atoms with Gasteiger partial charge in [-0.25, -0.2) is 0 Å². The van der Waals surface area contributed by atoms with Crippen molar-refractivity contribution in [1.29, 1.82) is 0 Å². The van der Waals surface area contributed by atoms with Crippen LogP contribution in [0.4, 0.5) is 0 Å². The number of aliphatic carboxylic acids is 3. The molecule has 1 saturated heterocycles. The summed E-state index contributed by atoms with van der Waals surface area (Å²) in [7, 11) is 0. The van der Waals surface area contributed by atoms with Crippen molar-refractivity contribution in [2.45, 2.75) is 94.0 Å². The van der Waals surface area contributed by atoms with Gasteiger partial charge >= 0.3 is 17.9 Å². The number of guanidine groups is 3. The predicted molar refractivity (Wildman–Crippen MR) is 236 cm³/mol. The van der Waals surface area contributed by atoms with E-state index in [1.165, 1.54) is 14.7 Å². The van der Waals surface area contributed by atoms with E-state index in [0.29, 0.717) is 0 Å². The van der Waals surface area contributed by atoms with Crippen molar-refractivity contribution in [2.75, 3.05) is 58.9 Å². The number of hydrogen-bond donors (Lipinski definition) is 15. The Morgan fingerprint density at radius 3 is 0.818 bits per heavy atom. The molecule has 6 amide bonds. The zero-order valence-corrected chi connectivity index (χ0v) is 36.6. The van der Waals surface area contributed by atoms with Crippen LogP contribution in [0.1, 0.15) is 57.8 Å². The van der Waals surface area contributed by atoms with Crippen LogP contribution in [0.5, 0.6) is 0 Å². The van der Waals surface area contributed by atoms with Crippen LogP contribution in [0.25, 0.3) is 0 Å². The van der Waals surface area contributed by atoms with Crippen LogP contribution in [0.2, 0.25) is 0 Å². The molecular weight excluding hydrogens is 877 g/mol. The summed E-state index contributed by atoms with van der Waals surface area (Å²) < 4.78 is 0. The highest BCUT2D eigenvalue weighted by atomic mass is 16.4. The molecule has 6 atom stereocenters. The molecule has 0 spiro atoms. The summed E-state index contributed by atoms with van der Waals surface area (Å²) in [6.07, 6.45) is -2.21. The molecule has 0 radical (unpaired) electrons. The van der Waals surface area contributed by atoms with Crippen LogP contribution >= 0.6 is 0 Å². The van der Waals surface area contributed by atoms with Gasteiger partial charge in [0.25, 0.3) is 0 Å². The van der Waals surface area contributed by atoms with Gasteiger partial charge in [-0.2, -0.15) is 0 Å². The Morgan fingerprint density at radius 1 is 0.424 bits per heavy atom. The summed E-state index contributed by atoms with van der Waals surface area (Å²) in [6, 6.07) is -8.76. The number of nitrogens with zero attached hydrogens (tertiary/aromatic N) is 6. The van der Waals surface area contributed by atoms with Crippen molar-refractivity contribution in [3.63, 3.8) is 0 Å². The Morgan fingerprint density at radius 2 is 0.636 bits per heavy atom. The topological polar surface area (TPSA) is 531 Å². The first-order chi connectivity index (χ1) is 30.9. The molecule has 1 aliphatic heterocycles. The maximum absolute atomic E-state index is 14.4. The fourth-order valence-corrected chi connectivity index (χ4v) is 6.34. The number of aliphatic imine (C=N–C) groups is 3. The van der Waals surface area contributed by atoms with Gasteiger partial charge in [-0.15, -0.1) is 0 Å². The van der Waals surface area contributed by atoms with Crippen molar-refractivity contribution in [2.24, 2.45) is 66.6 Å². The summed E-state index contributed by atoms with van der Waals surface area (Å²) in [5.74, 6) is -10.1. The lowest BCUT2D eigenvalue weighted by atomic mass is 10.1. The van der Waals surface area contributed by atoms with E-state index >= 15 is 0 Å². The largest absolute Gasteiger partial charge is 0.481 e. The van der Waals surface area contributed by atoms with Crippen LogP contribution in [0.3, 0.4) is 0 Å². The average Bonchev–Trinajstić information content (AvgIpc) is 3.33. The van der Waals surface area contributed by atoms with Crippen LogP contribution in [0.15, 0.2) is 15.0 Å².